The molecule has 0 bridgehead atoms. The zero-order valence-corrected chi connectivity index (χ0v) is 12.0. The van der Waals surface area contributed by atoms with Crippen molar-refractivity contribution in [2.24, 2.45) is 5.73 Å². The Bertz CT molecular complexity index is 527. The Kier molecular flexibility index (Phi) is 4.59. The Morgan fingerprint density at radius 3 is 3.16 bits per heavy atom. The molecule has 1 fully saturated rings. The minimum absolute atomic E-state index is 0.0738. The van der Waals surface area contributed by atoms with E-state index in [0.717, 1.165) is 15.3 Å². The smallest absolute Gasteiger partial charge is 0.264 e. The summed E-state index contributed by atoms with van der Waals surface area (Å²) in [6.07, 6.45) is 0. The number of aryl methyl sites for hydroxylation is 1. The third-order valence-corrected chi connectivity index (χ3v) is 4.20. The number of ether oxygens (including phenoxy) is 1. The van der Waals surface area contributed by atoms with Crippen LogP contribution in [0.3, 0.4) is 0 Å². The van der Waals surface area contributed by atoms with Crippen LogP contribution in [0.2, 0.25) is 0 Å². The molecular weight excluding hydrogens is 260 g/mol. The third-order valence-electron chi connectivity index (χ3n) is 3.06. The van der Waals surface area contributed by atoms with E-state index in [1.54, 1.807) is 0 Å². The highest BCUT2D eigenvalue weighted by Gasteiger charge is 2.26. The molecule has 19 heavy (non-hydrogen) atoms. The van der Waals surface area contributed by atoms with Gasteiger partial charge in [0.15, 0.2) is 0 Å². The van der Waals surface area contributed by atoms with Gasteiger partial charge in [0.1, 0.15) is 0 Å². The first-order valence-corrected chi connectivity index (χ1v) is 7.13. The van der Waals surface area contributed by atoms with Gasteiger partial charge in [-0.25, -0.2) is 0 Å². The number of carbonyl (C=O) groups excluding carboxylic acids is 1. The summed E-state index contributed by atoms with van der Waals surface area (Å²) in [5.41, 5.74) is 6.41. The number of amides is 1. The Labute approximate surface area is 117 Å². The summed E-state index contributed by atoms with van der Waals surface area (Å²) < 4.78 is 5.35. The summed E-state index contributed by atoms with van der Waals surface area (Å²) in [6, 6.07) is 2.04. The van der Waals surface area contributed by atoms with Crippen LogP contribution in [0.5, 0.6) is 0 Å². The van der Waals surface area contributed by atoms with Crippen molar-refractivity contribution in [2.75, 3.05) is 26.3 Å². The molecule has 1 amide bonds. The first-order chi connectivity index (χ1) is 9.13. The van der Waals surface area contributed by atoms with Gasteiger partial charge in [-0.15, -0.1) is 11.3 Å². The molecular formula is C14H18N2O2S. The van der Waals surface area contributed by atoms with Gasteiger partial charge in [-0.2, -0.15) is 0 Å². The van der Waals surface area contributed by atoms with Gasteiger partial charge >= 0.3 is 0 Å². The van der Waals surface area contributed by atoms with E-state index in [2.05, 4.69) is 11.8 Å². The van der Waals surface area contributed by atoms with Crippen molar-refractivity contribution in [3.63, 3.8) is 0 Å². The molecule has 102 valence electrons. The lowest BCUT2D eigenvalue weighted by Crippen LogP contribution is -2.46. The highest BCUT2D eigenvalue weighted by Crippen LogP contribution is 2.23. The summed E-state index contributed by atoms with van der Waals surface area (Å²) >= 11 is 1.44. The number of carbonyl (C=O) groups is 1. The average Bonchev–Trinajstić information content (AvgIpc) is 2.77. The maximum Gasteiger partial charge on any atom is 0.264 e. The van der Waals surface area contributed by atoms with Gasteiger partial charge in [-0.1, -0.05) is 11.8 Å². The van der Waals surface area contributed by atoms with Gasteiger partial charge in [-0.3, -0.25) is 4.79 Å². The van der Waals surface area contributed by atoms with E-state index in [1.807, 2.05) is 24.8 Å². The highest BCUT2D eigenvalue weighted by atomic mass is 32.1. The zero-order valence-electron chi connectivity index (χ0n) is 11.2. The van der Waals surface area contributed by atoms with E-state index in [-0.39, 0.29) is 11.9 Å². The maximum absolute atomic E-state index is 12.5. The van der Waals surface area contributed by atoms with Crippen LogP contribution < -0.4 is 5.73 Å². The fourth-order valence-corrected chi connectivity index (χ4v) is 3.02. The molecule has 0 spiro atoms. The minimum Gasteiger partial charge on any atom is -0.377 e. The number of nitrogens with two attached hydrogens (primary N) is 1. The lowest BCUT2D eigenvalue weighted by atomic mass is 10.2. The van der Waals surface area contributed by atoms with Gasteiger partial charge in [0.25, 0.3) is 5.91 Å². The molecule has 0 saturated carbocycles. The summed E-state index contributed by atoms with van der Waals surface area (Å²) in [7, 11) is 0. The first kappa shape index (κ1) is 14.1. The molecule has 1 atom stereocenters. The molecule has 2 rings (SSSR count). The van der Waals surface area contributed by atoms with Crippen molar-refractivity contribution >= 4 is 17.2 Å². The SMILES string of the molecule is Cc1cc(C(=O)N2CCOCC2C)sc1C#CCN. The molecule has 1 aliphatic heterocycles. The van der Waals surface area contributed by atoms with Crippen molar-refractivity contribution in [1.82, 2.24) is 4.90 Å². The predicted octanol–water partition coefficient (Wildman–Crippen LogP) is 1.23. The summed E-state index contributed by atoms with van der Waals surface area (Å²) in [5, 5.41) is 0. The molecule has 5 heteroatoms. The molecule has 4 nitrogen and oxygen atoms in total. The van der Waals surface area contributed by atoms with Gasteiger partial charge in [-0.05, 0) is 25.5 Å². The van der Waals surface area contributed by atoms with Crippen LogP contribution in [0.4, 0.5) is 0 Å². The second-order valence-corrected chi connectivity index (χ2v) is 5.60. The lowest BCUT2D eigenvalue weighted by molar-refractivity contribution is 0.00386. The van der Waals surface area contributed by atoms with Gasteiger partial charge < -0.3 is 15.4 Å². The number of rotatable bonds is 1. The summed E-state index contributed by atoms with van der Waals surface area (Å²) in [6.45, 7) is 6.18. The molecule has 2 heterocycles. The normalized spacial score (nSPS) is 18.9. The Hall–Kier alpha value is -1.35. The van der Waals surface area contributed by atoms with E-state index in [0.29, 0.717) is 26.3 Å². The summed E-state index contributed by atoms with van der Waals surface area (Å²) in [5.74, 6) is 5.91. The number of morpholine rings is 1. The van der Waals surface area contributed by atoms with Crippen LogP contribution in [-0.4, -0.2) is 43.2 Å². The van der Waals surface area contributed by atoms with E-state index in [1.165, 1.54) is 11.3 Å². The zero-order chi connectivity index (χ0) is 13.8. The molecule has 0 aromatic carbocycles. The van der Waals surface area contributed by atoms with Crippen LogP contribution in [0, 0.1) is 18.8 Å². The highest BCUT2D eigenvalue weighted by molar-refractivity contribution is 7.14. The van der Waals surface area contributed by atoms with Gasteiger partial charge in [0, 0.05) is 6.54 Å². The largest absolute Gasteiger partial charge is 0.377 e. The average molecular weight is 278 g/mol. The number of nitrogens with zero attached hydrogens (tertiary/aromatic N) is 1. The van der Waals surface area contributed by atoms with E-state index >= 15 is 0 Å². The van der Waals surface area contributed by atoms with Gasteiger partial charge in [0.2, 0.25) is 0 Å². The molecule has 1 aromatic rings. The first-order valence-electron chi connectivity index (χ1n) is 6.31. The quantitative estimate of drug-likeness (QED) is 0.786. The molecule has 0 radical (unpaired) electrons. The van der Waals surface area contributed by atoms with E-state index in [9.17, 15) is 4.79 Å². The molecule has 1 unspecified atom stereocenters. The van der Waals surface area contributed by atoms with E-state index < -0.39 is 0 Å². The fraction of sp³-hybridized carbons (Fsp3) is 0.500. The van der Waals surface area contributed by atoms with Crippen LogP contribution in [0.1, 0.15) is 27.0 Å². The van der Waals surface area contributed by atoms with Gasteiger partial charge in [0.05, 0.1) is 35.6 Å². The topological polar surface area (TPSA) is 55.6 Å². The van der Waals surface area contributed by atoms with Crippen LogP contribution in [-0.2, 0) is 4.74 Å². The molecule has 0 aliphatic carbocycles. The van der Waals surface area contributed by atoms with E-state index in [4.69, 9.17) is 10.5 Å². The number of hydrogen-bond acceptors (Lipinski definition) is 4. The lowest BCUT2D eigenvalue weighted by Gasteiger charge is -2.32. The predicted molar refractivity (Wildman–Crippen MR) is 76.3 cm³/mol. The third kappa shape index (κ3) is 3.16. The van der Waals surface area contributed by atoms with Crippen molar-refractivity contribution < 1.29 is 9.53 Å². The van der Waals surface area contributed by atoms with Crippen molar-refractivity contribution in [2.45, 2.75) is 19.9 Å². The van der Waals surface area contributed by atoms with Crippen LogP contribution in [0.25, 0.3) is 0 Å². The minimum atomic E-state index is 0.0738. The summed E-state index contributed by atoms with van der Waals surface area (Å²) in [4.78, 5) is 16.0. The second kappa shape index (κ2) is 6.20. The second-order valence-electron chi connectivity index (χ2n) is 4.55. The van der Waals surface area contributed by atoms with Crippen molar-refractivity contribution in [1.29, 1.82) is 0 Å². The van der Waals surface area contributed by atoms with Crippen LogP contribution in [0.15, 0.2) is 6.07 Å². The molecule has 2 N–H and O–H groups in total. The van der Waals surface area contributed by atoms with Crippen molar-refractivity contribution in [3.8, 4) is 11.8 Å². The fourth-order valence-electron chi connectivity index (χ4n) is 2.01. The van der Waals surface area contributed by atoms with Crippen LogP contribution >= 0.6 is 11.3 Å². The molecule has 1 aliphatic rings. The Morgan fingerprint density at radius 1 is 1.68 bits per heavy atom. The monoisotopic (exact) mass is 278 g/mol. The molecule has 1 saturated heterocycles. The Morgan fingerprint density at radius 2 is 2.47 bits per heavy atom. The Balaban J connectivity index is 2.19. The maximum atomic E-state index is 12.5. The number of thiophene rings is 1. The number of hydrogen-bond donors (Lipinski definition) is 1. The molecule has 1 aromatic heterocycles. The van der Waals surface area contributed by atoms with Crippen molar-refractivity contribution in [3.05, 3.63) is 21.4 Å². The standard InChI is InChI=1S/C14H18N2O2S/c1-10-8-13(19-12(10)4-3-5-15)14(17)16-6-7-18-9-11(16)2/h8,11H,5-7,9,15H2,1-2H3.